The summed E-state index contributed by atoms with van der Waals surface area (Å²) in [6, 6.07) is 10.8. The molecule has 0 bridgehead atoms. The Morgan fingerprint density at radius 1 is 1.19 bits per heavy atom. The summed E-state index contributed by atoms with van der Waals surface area (Å²) in [6.07, 6.45) is 5.74. The van der Waals surface area contributed by atoms with Crippen LogP contribution >= 0.6 is 0 Å². The van der Waals surface area contributed by atoms with Crippen molar-refractivity contribution in [1.29, 1.82) is 0 Å². The third-order valence-electron chi connectivity index (χ3n) is 5.58. The molecule has 1 aliphatic heterocycles. The van der Waals surface area contributed by atoms with Gasteiger partial charge in [-0.1, -0.05) is 30.3 Å². The van der Waals surface area contributed by atoms with E-state index >= 15 is 0 Å². The molecule has 2 N–H and O–H groups in total. The normalized spacial score (nSPS) is 19.7. The van der Waals surface area contributed by atoms with Crippen LogP contribution in [0.25, 0.3) is 0 Å². The van der Waals surface area contributed by atoms with E-state index in [9.17, 15) is 0 Å². The van der Waals surface area contributed by atoms with Crippen molar-refractivity contribution in [2.45, 2.75) is 44.4 Å². The molecule has 1 saturated heterocycles. The summed E-state index contributed by atoms with van der Waals surface area (Å²) in [7, 11) is 0. The van der Waals surface area contributed by atoms with Crippen molar-refractivity contribution < 1.29 is 9.47 Å². The maximum atomic E-state index is 5.84. The van der Waals surface area contributed by atoms with E-state index in [0.29, 0.717) is 5.92 Å². The second kappa shape index (κ2) is 10.7. The maximum Gasteiger partial charge on any atom is 0.191 e. The first-order chi connectivity index (χ1) is 13.3. The van der Waals surface area contributed by atoms with Crippen LogP contribution in [0.4, 0.5) is 0 Å². The molecule has 0 radical (unpaired) electrons. The lowest BCUT2D eigenvalue weighted by Gasteiger charge is -2.21. The van der Waals surface area contributed by atoms with Crippen LogP contribution < -0.4 is 10.6 Å². The number of hydrogen-bond donors (Lipinski definition) is 2. The zero-order chi connectivity index (χ0) is 18.8. The molecule has 1 heterocycles. The summed E-state index contributed by atoms with van der Waals surface area (Å²) in [4.78, 5) is 4.85. The highest BCUT2D eigenvalue weighted by Gasteiger charge is 2.43. The molecule has 0 atom stereocenters. The van der Waals surface area contributed by atoms with Crippen LogP contribution in [-0.2, 0) is 14.9 Å². The quantitative estimate of drug-likeness (QED) is 0.376. The van der Waals surface area contributed by atoms with Crippen LogP contribution in [0.3, 0.4) is 0 Å². The Labute approximate surface area is 163 Å². The number of aliphatic imine (C=N–C) groups is 1. The highest BCUT2D eigenvalue weighted by atomic mass is 16.5. The fraction of sp³-hybridized carbons (Fsp3) is 0.682. The smallest absolute Gasteiger partial charge is 0.191 e. The number of nitrogens with one attached hydrogen (secondary N) is 2. The van der Waals surface area contributed by atoms with Crippen LogP contribution in [0, 0.1) is 5.92 Å². The summed E-state index contributed by atoms with van der Waals surface area (Å²) in [5.74, 6) is 1.60. The number of ether oxygens (including phenoxy) is 2. The molecule has 0 amide bonds. The Bertz CT molecular complexity index is 566. The molecule has 5 nitrogen and oxygen atoms in total. The van der Waals surface area contributed by atoms with E-state index < -0.39 is 0 Å². The second-order valence-corrected chi connectivity index (χ2v) is 7.75. The van der Waals surface area contributed by atoms with Crippen molar-refractivity contribution in [2.75, 3.05) is 46.1 Å². The Balaban J connectivity index is 1.35. The van der Waals surface area contributed by atoms with Crippen LogP contribution in [0.1, 0.15) is 44.6 Å². The number of hydrogen-bond acceptors (Lipinski definition) is 3. The molecule has 3 rings (SSSR count). The Morgan fingerprint density at radius 2 is 1.96 bits per heavy atom. The highest BCUT2D eigenvalue weighted by molar-refractivity contribution is 5.79. The zero-order valence-electron chi connectivity index (χ0n) is 16.7. The number of rotatable bonds is 10. The van der Waals surface area contributed by atoms with Crippen LogP contribution in [-0.4, -0.2) is 52.0 Å². The van der Waals surface area contributed by atoms with E-state index in [1.807, 2.05) is 0 Å². The molecule has 1 aromatic rings. The summed E-state index contributed by atoms with van der Waals surface area (Å²) in [6.45, 7) is 8.19. The molecule has 2 aliphatic rings. The van der Waals surface area contributed by atoms with Gasteiger partial charge in [-0.25, -0.2) is 0 Å². The standard InChI is InChI=1S/C22H35N3O2/c1-2-23-21(24-13-6-14-27-17-19-9-15-26-16-10-19)25-18-22(11-12-22)20-7-4-3-5-8-20/h3-5,7-8,19H,2,6,9-18H2,1H3,(H2,23,24,25). The minimum atomic E-state index is 0.260. The number of guanidine groups is 1. The van der Waals surface area contributed by atoms with Gasteiger partial charge in [0, 0.05) is 44.9 Å². The minimum Gasteiger partial charge on any atom is -0.381 e. The van der Waals surface area contributed by atoms with Crippen molar-refractivity contribution in [3.63, 3.8) is 0 Å². The average Bonchev–Trinajstić information content (AvgIpc) is 3.51. The van der Waals surface area contributed by atoms with Crippen molar-refractivity contribution in [1.82, 2.24) is 10.6 Å². The second-order valence-electron chi connectivity index (χ2n) is 7.75. The van der Waals surface area contributed by atoms with E-state index in [-0.39, 0.29) is 5.41 Å². The van der Waals surface area contributed by atoms with Crippen LogP contribution in [0.5, 0.6) is 0 Å². The van der Waals surface area contributed by atoms with Crippen molar-refractivity contribution in [3.8, 4) is 0 Å². The predicted octanol–water partition coefficient (Wildman–Crippen LogP) is 3.11. The molecule has 5 heteroatoms. The molecule has 0 spiro atoms. The van der Waals surface area contributed by atoms with Crippen molar-refractivity contribution in [2.24, 2.45) is 10.9 Å². The monoisotopic (exact) mass is 373 g/mol. The van der Waals surface area contributed by atoms with Gasteiger partial charge >= 0.3 is 0 Å². The van der Waals surface area contributed by atoms with Crippen molar-refractivity contribution >= 4 is 5.96 Å². The van der Waals surface area contributed by atoms with Crippen molar-refractivity contribution in [3.05, 3.63) is 35.9 Å². The third kappa shape index (κ3) is 6.51. The molecule has 0 unspecified atom stereocenters. The summed E-state index contributed by atoms with van der Waals surface area (Å²) >= 11 is 0. The molecule has 150 valence electrons. The van der Waals surface area contributed by atoms with Gasteiger partial charge in [-0.05, 0) is 50.5 Å². The molecular weight excluding hydrogens is 338 g/mol. The average molecular weight is 374 g/mol. The third-order valence-corrected chi connectivity index (χ3v) is 5.58. The largest absolute Gasteiger partial charge is 0.381 e. The Hall–Kier alpha value is -1.59. The molecule has 2 fully saturated rings. The van der Waals surface area contributed by atoms with Gasteiger partial charge in [0.2, 0.25) is 0 Å². The van der Waals surface area contributed by atoms with Gasteiger partial charge in [0.05, 0.1) is 6.54 Å². The van der Waals surface area contributed by atoms with E-state index in [1.54, 1.807) is 0 Å². The molecule has 27 heavy (non-hydrogen) atoms. The van der Waals surface area contributed by atoms with E-state index in [0.717, 1.165) is 71.3 Å². The Morgan fingerprint density at radius 3 is 2.67 bits per heavy atom. The fourth-order valence-electron chi connectivity index (χ4n) is 3.60. The maximum absolute atomic E-state index is 5.84. The number of benzene rings is 1. The summed E-state index contributed by atoms with van der Waals surface area (Å²) in [5, 5.41) is 6.81. The lowest BCUT2D eigenvalue weighted by atomic mass is 9.96. The zero-order valence-corrected chi connectivity index (χ0v) is 16.7. The lowest BCUT2D eigenvalue weighted by Crippen LogP contribution is -2.38. The SMILES string of the molecule is CCNC(=NCC1(c2ccccc2)CC1)NCCCOCC1CCOCC1. The van der Waals surface area contributed by atoms with E-state index in [1.165, 1.54) is 18.4 Å². The van der Waals surface area contributed by atoms with Gasteiger partial charge in [0.15, 0.2) is 5.96 Å². The first kappa shape index (κ1) is 20.2. The van der Waals surface area contributed by atoms with Gasteiger partial charge in [-0.2, -0.15) is 0 Å². The van der Waals surface area contributed by atoms with E-state index in [2.05, 4.69) is 47.9 Å². The Kier molecular flexibility index (Phi) is 7.96. The predicted molar refractivity (Wildman–Crippen MR) is 110 cm³/mol. The van der Waals surface area contributed by atoms with Gasteiger partial charge < -0.3 is 20.1 Å². The number of nitrogens with zero attached hydrogens (tertiary/aromatic N) is 1. The first-order valence-electron chi connectivity index (χ1n) is 10.6. The minimum absolute atomic E-state index is 0.260. The highest BCUT2D eigenvalue weighted by Crippen LogP contribution is 2.48. The molecule has 1 aromatic carbocycles. The fourth-order valence-corrected chi connectivity index (χ4v) is 3.60. The van der Waals surface area contributed by atoms with Gasteiger partial charge in [-0.3, -0.25) is 4.99 Å². The molecule has 1 saturated carbocycles. The molecular formula is C22H35N3O2. The molecule has 0 aromatic heterocycles. The van der Waals surface area contributed by atoms with E-state index in [4.69, 9.17) is 14.5 Å². The molecule has 1 aliphatic carbocycles. The van der Waals surface area contributed by atoms with Gasteiger partial charge in [-0.15, -0.1) is 0 Å². The van der Waals surface area contributed by atoms with Gasteiger partial charge in [0.1, 0.15) is 0 Å². The van der Waals surface area contributed by atoms with Gasteiger partial charge in [0.25, 0.3) is 0 Å². The first-order valence-corrected chi connectivity index (χ1v) is 10.6. The summed E-state index contributed by atoms with van der Waals surface area (Å²) in [5.41, 5.74) is 1.68. The van der Waals surface area contributed by atoms with Crippen LogP contribution in [0.15, 0.2) is 35.3 Å². The topological polar surface area (TPSA) is 54.9 Å². The lowest BCUT2D eigenvalue weighted by molar-refractivity contribution is 0.0203. The summed E-state index contributed by atoms with van der Waals surface area (Å²) < 4.78 is 11.2. The van der Waals surface area contributed by atoms with Crippen LogP contribution in [0.2, 0.25) is 0 Å².